The number of hydrogen-bond donors (Lipinski definition) is 0. The molecular formula is C11H10BrF3OS. The molecule has 1 aromatic carbocycles. The van der Waals surface area contributed by atoms with Gasteiger partial charge in [-0.1, -0.05) is 28.1 Å². The van der Waals surface area contributed by atoms with E-state index in [1.165, 1.54) is 12.1 Å². The lowest BCUT2D eigenvalue weighted by Crippen LogP contribution is -2.07. The molecule has 17 heavy (non-hydrogen) atoms. The first-order valence-electron chi connectivity index (χ1n) is 4.79. The molecule has 0 heterocycles. The average molecular weight is 327 g/mol. The standard InChI is InChI=1S/C11H10BrF3OS/c1-7-3-2-4-9(17-11(13,14)15)10(7)8(16)5-6-12/h2-4H,5-6H2,1H3. The fourth-order valence-electron chi connectivity index (χ4n) is 1.42. The van der Waals surface area contributed by atoms with Crippen molar-refractivity contribution in [3.05, 3.63) is 29.3 Å². The van der Waals surface area contributed by atoms with Crippen LogP contribution in [-0.4, -0.2) is 16.6 Å². The van der Waals surface area contributed by atoms with Gasteiger partial charge < -0.3 is 0 Å². The lowest BCUT2D eigenvalue weighted by molar-refractivity contribution is -0.0328. The summed E-state index contributed by atoms with van der Waals surface area (Å²) in [5, 5.41) is 0.441. The number of Topliss-reactive ketones (excluding diaryl/α,β-unsaturated/α-hetero) is 1. The van der Waals surface area contributed by atoms with Gasteiger partial charge in [-0.3, -0.25) is 4.79 Å². The van der Waals surface area contributed by atoms with Gasteiger partial charge in [0.1, 0.15) is 0 Å². The molecule has 1 aromatic rings. The second kappa shape index (κ2) is 5.91. The van der Waals surface area contributed by atoms with E-state index in [-0.39, 0.29) is 34.4 Å². The largest absolute Gasteiger partial charge is 0.446 e. The number of hydrogen-bond acceptors (Lipinski definition) is 2. The van der Waals surface area contributed by atoms with Crippen molar-refractivity contribution >= 4 is 33.5 Å². The predicted molar refractivity (Wildman–Crippen MR) is 65.8 cm³/mol. The van der Waals surface area contributed by atoms with Crippen molar-refractivity contribution < 1.29 is 18.0 Å². The molecule has 0 bridgehead atoms. The number of ketones is 1. The smallest absolute Gasteiger partial charge is 0.294 e. The maximum Gasteiger partial charge on any atom is 0.446 e. The van der Waals surface area contributed by atoms with E-state index in [4.69, 9.17) is 0 Å². The summed E-state index contributed by atoms with van der Waals surface area (Å²) in [6.07, 6.45) is 0.191. The van der Waals surface area contributed by atoms with Crippen LogP contribution in [0.4, 0.5) is 13.2 Å². The van der Waals surface area contributed by atoms with Gasteiger partial charge in [-0.2, -0.15) is 13.2 Å². The number of rotatable bonds is 4. The monoisotopic (exact) mass is 326 g/mol. The molecule has 0 N–H and O–H groups in total. The highest BCUT2D eigenvalue weighted by atomic mass is 79.9. The minimum Gasteiger partial charge on any atom is -0.294 e. The Morgan fingerprint density at radius 1 is 1.41 bits per heavy atom. The summed E-state index contributed by atoms with van der Waals surface area (Å²) >= 11 is 2.87. The van der Waals surface area contributed by atoms with Crippen molar-refractivity contribution in [3.63, 3.8) is 0 Å². The van der Waals surface area contributed by atoms with Crippen molar-refractivity contribution in [2.24, 2.45) is 0 Å². The number of aryl methyl sites for hydroxylation is 1. The second-order valence-corrected chi connectivity index (χ2v) is 5.26. The number of alkyl halides is 4. The quantitative estimate of drug-likeness (QED) is 0.458. The third kappa shape index (κ3) is 4.35. The number of benzene rings is 1. The summed E-state index contributed by atoms with van der Waals surface area (Å²) in [7, 11) is 0. The van der Waals surface area contributed by atoms with E-state index in [0.717, 1.165) is 0 Å². The van der Waals surface area contributed by atoms with E-state index in [1.54, 1.807) is 13.0 Å². The highest BCUT2D eigenvalue weighted by molar-refractivity contribution is 9.09. The Labute approximate surface area is 110 Å². The fourth-order valence-corrected chi connectivity index (χ4v) is 2.55. The van der Waals surface area contributed by atoms with Crippen LogP contribution >= 0.6 is 27.7 Å². The highest BCUT2D eigenvalue weighted by Gasteiger charge is 2.31. The number of carbonyl (C=O) groups excluding carboxylic acids is 1. The minimum atomic E-state index is -4.38. The van der Waals surface area contributed by atoms with Crippen LogP contribution in [-0.2, 0) is 0 Å². The molecule has 0 aliphatic carbocycles. The molecule has 0 radical (unpaired) electrons. The van der Waals surface area contributed by atoms with Gasteiger partial charge in [0.2, 0.25) is 0 Å². The van der Waals surface area contributed by atoms with E-state index in [0.29, 0.717) is 10.9 Å². The van der Waals surface area contributed by atoms with Gasteiger partial charge in [0, 0.05) is 22.2 Å². The van der Waals surface area contributed by atoms with Gasteiger partial charge in [-0.25, -0.2) is 0 Å². The fraction of sp³-hybridized carbons (Fsp3) is 0.364. The van der Waals surface area contributed by atoms with Crippen LogP contribution in [0, 0.1) is 6.92 Å². The number of carbonyl (C=O) groups is 1. The van der Waals surface area contributed by atoms with Gasteiger partial charge >= 0.3 is 5.51 Å². The Bertz CT molecular complexity index is 418. The minimum absolute atomic E-state index is 0.0246. The molecule has 1 nitrogen and oxygen atoms in total. The highest BCUT2D eigenvalue weighted by Crippen LogP contribution is 2.39. The summed E-state index contributed by atoms with van der Waals surface area (Å²) in [6.45, 7) is 1.64. The van der Waals surface area contributed by atoms with Crippen molar-refractivity contribution in [1.82, 2.24) is 0 Å². The first-order valence-corrected chi connectivity index (χ1v) is 6.73. The third-order valence-corrected chi connectivity index (χ3v) is 3.25. The van der Waals surface area contributed by atoms with Crippen LogP contribution in [0.25, 0.3) is 0 Å². The lowest BCUT2D eigenvalue weighted by atomic mass is 10.0. The molecule has 0 aliphatic rings. The first-order chi connectivity index (χ1) is 7.85. The van der Waals surface area contributed by atoms with Crippen LogP contribution in [0.2, 0.25) is 0 Å². The average Bonchev–Trinajstić information content (AvgIpc) is 2.15. The normalized spacial score (nSPS) is 11.6. The molecule has 0 aliphatic heterocycles. The van der Waals surface area contributed by atoms with E-state index in [9.17, 15) is 18.0 Å². The van der Waals surface area contributed by atoms with Crippen LogP contribution in [0.5, 0.6) is 0 Å². The number of thioether (sulfide) groups is 1. The van der Waals surface area contributed by atoms with Gasteiger partial charge in [-0.05, 0) is 30.3 Å². The van der Waals surface area contributed by atoms with Crippen LogP contribution in [0.1, 0.15) is 22.3 Å². The molecule has 0 amide bonds. The van der Waals surface area contributed by atoms with Crippen LogP contribution < -0.4 is 0 Å². The zero-order valence-electron chi connectivity index (χ0n) is 8.97. The van der Waals surface area contributed by atoms with Gasteiger partial charge in [0.25, 0.3) is 0 Å². The van der Waals surface area contributed by atoms with Crippen LogP contribution in [0.15, 0.2) is 23.1 Å². The molecular weight excluding hydrogens is 317 g/mol. The van der Waals surface area contributed by atoms with Crippen LogP contribution in [0.3, 0.4) is 0 Å². The predicted octanol–water partition coefficient (Wildman–Crippen LogP) is 4.57. The van der Waals surface area contributed by atoms with Gasteiger partial charge in [0.05, 0.1) is 0 Å². The Hall–Kier alpha value is -0.490. The van der Waals surface area contributed by atoms with Crippen molar-refractivity contribution in [2.75, 3.05) is 5.33 Å². The molecule has 0 saturated carbocycles. The molecule has 0 atom stereocenters. The Balaban J connectivity index is 3.13. The maximum atomic E-state index is 12.3. The molecule has 1 rings (SSSR count). The summed E-state index contributed by atoms with van der Waals surface area (Å²) in [5.41, 5.74) is -3.63. The van der Waals surface area contributed by atoms with Gasteiger partial charge in [-0.15, -0.1) is 0 Å². The Morgan fingerprint density at radius 2 is 2.06 bits per heavy atom. The van der Waals surface area contributed by atoms with Crippen molar-refractivity contribution in [2.45, 2.75) is 23.7 Å². The molecule has 94 valence electrons. The van der Waals surface area contributed by atoms with Gasteiger partial charge in [0.15, 0.2) is 5.78 Å². The third-order valence-electron chi connectivity index (χ3n) is 2.06. The molecule has 0 saturated heterocycles. The molecule has 0 aromatic heterocycles. The summed E-state index contributed by atoms with van der Waals surface area (Å²) < 4.78 is 37.0. The zero-order chi connectivity index (χ0) is 13.1. The Kier molecular flexibility index (Phi) is 5.06. The maximum absolute atomic E-state index is 12.3. The Morgan fingerprint density at radius 3 is 2.59 bits per heavy atom. The first kappa shape index (κ1) is 14.6. The summed E-state index contributed by atoms with van der Waals surface area (Å²) in [6, 6.07) is 4.49. The summed E-state index contributed by atoms with van der Waals surface area (Å²) in [4.78, 5) is 11.7. The van der Waals surface area contributed by atoms with Crippen molar-refractivity contribution in [1.29, 1.82) is 0 Å². The topological polar surface area (TPSA) is 17.1 Å². The van der Waals surface area contributed by atoms with E-state index in [2.05, 4.69) is 15.9 Å². The van der Waals surface area contributed by atoms with E-state index < -0.39 is 5.51 Å². The van der Waals surface area contributed by atoms with E-state index in [1.807, 2.05) is 0 Å². The molecule has 6 heteroatoms. The summed E-state index contributed by atoms with van der Waals surface area (Å²) in [5.74, 6) is -0.272. The second-order valence-electron chi connectivity index (χ2n) is 3.36. The molecule has 0 spiro atoms. The van der Waals surface area contributed by atoms with Crippen molar-refractivity contribution in [3.8, 4) is 0 Å². The van der Waals surface area contributed by atoms with E-state index >= 15 is 0 Å². The number of halogens is 4. The molecule has 0 fully saturated rings. The zero-order valence-corrected chi connectivity index (χ0v) is 11.4. The lowest BCUT2D eigenvalue weighted by Gasteiger charge is -2.12. The molecule has 0 unspecified atom stereocenters. The SMILES string of the molecule is Cc1cccc(SC(F)(F)F)c1C(=O)CCBr.